The molecule has 2 aromatic heterocycles. The highest BCUT2D eigenvalue weighted by Crippen LogP contribution is 2.39. The number of benzene rings is 2. The fourth-order valence-electron chi connectivity index (χ4n) is 2.93. The average Bonchev–Trinajstić information content (AvgIpc) is 3.05. The van der Waals surface area contributed by atoms with Crippen LogP contribution in [0.1, 0.15) is 0 Å². The lowest BCUT2D eigenvalue weighted by Gasteiger charge is -2.08. The Morgan fingerprint density at radius 3 is 2.45 bits per heavy atom. The third-order valence-electron chi connectivity index (χ3n) is 4.20. The van der Waals surface area contributed by atoms with E-state index in [-0.39, 0.29) is 5.82 Å². The van der Waals surface area contributed by atoms with Crippen molar-refractivity contribution in [2.45, 2.75) is 5.16 Å². The summed E-state index contributed by atoms with van der Waals surface area (Å²) in [6, 6.07) is 14.7. The van der Waals surface area contributed by atoms with Crippen LogP contribution >= 0.6 is 57.6 Å². The van der Waals surface area contributed by atoms with Gasteiger partial charge in [0.15, 0.2) is 11.0 Å². The van der Waals surface area contributed by atoms with Gasteiger partial charge in [-0.1, -0.05) is 53.2 Å². The Kier molecular flexibility index (Phi) is 6.00. The molecule has 146 valence electrons. The van der Waals surface area contributed by atoms with Gasteiger partial charge in [0.25, 0.3) is 0 Å². The molecule has 0 radical (unpaired) electrons. The van der Waals surface area contributed by atoms with Crippen LogP contribution in [0, 0.1) is 3.57 Å². The predicted molar refractivity (Wildman–Crippen MR) is 126 cm³/mol. The molecule has 5 nitrogen and oxygen atoms in total. The molecule has 2 heterocycles. The molecule has 0 amide bonds. The van der Waals surface area contributed by atoms with Crippen LogP contribution in [0.3, 0.4) is 0 Å². The molecule has 1 N–H and O–H groups in total. The molecule has 0 fully saturated rings. The van der Waals surface area contributed by atoms with Gasteiger partial charge in [-0.25, -0.2) is 15.0 Å². The predicted octanol–water partition coefficient (Wildman–Crippen LogP) is 6.54. The van der Waals surface area contributed by atoms with Gasteiger partial charge in [0, 0.05) is 15.3 Å². The standard InChI is InChI=1S/C20H13Cl2IN4OS/c1-29-20-24-9-8-15(25-20)17-18(11-4-2-5-12(23)10-11)27(28)19(26-17)16-13(21)6-3-7-14(16)22/h2-10,28H,1H3. The average molecular weight is 555 g/mol. The van der Waals surface area contributed by atoms with Crippen molar-refractivity contribution in [2.24, 2.45) is 0 Å². The molecule has 0 bridgehead atoms. The van der Waals surface area contributed by atoms with E-state index in [2.05, 4.69) is 32.6 Å². The minimum Gasteiger partial charge on any atom is -0.426 e. The fraction of sp³-hybridized carbons (Fsp3) is 0.0500. The van der Waals surface area contributed by atoms with Crippen molar-refractivity contribution in [1.29, 1.82) is 0 Å². The highest BCUT2D eigenvalue weighted by molar-refractivity contribution is 14.1. The van der Waals surface area contributed by atoms with E-state index in [1.54, 1.807) is 30.5 Å². The third-order valence-corrected chi connectivity index (χ3v) is 6.06. The largest absolute Gasteiger partial charge is 0.426 e. The number of halogens is 3. The van der Waals surface area contributed by atoms with Crippen molar-refractivity contribution < 1.29 is 5.21 Å². The Balaban J connectivity index is 2.04. The summed E-state index contributed by atoms with van der Waals surface area (Å²) >= 11 is 16.4. The minimum absolute atomic E-state index is 0.244. The summed E-state index contributed by atoms with van der Waals surface area (Å²) in [6.45, 7) is 0. The molecule has 0 aliphatic rings. The zero-order valence-electron chi connectivity index (χ0n) is 15.0. The van der Waals surface area contributed by atoms with Crippen LogP contribution in [0.4, 0.5) is 0 Å². The second kappa shape index (κ2) is 8.51. The van der Waals surface area contributed by atoms with E-state index in [1.807, 2.05) is 30.5 Å². The summed E-state index contributed by atoms with van der Waals surface area (Å²) in [6.07, 6.45) is 3.57. The van der Waals surface area contributed by atoms with Gasteiger partial charge in [-0.05, 0) is 59.2 Å². The first kappa shape index (κ1) is 20.5. The van der Waals surface area contributed by atoms with Crippen LogP contribution in [0.25, 0.3) is 34.0 Å². The number of hydrogen-bond acceptors (Lipinski definition) is 5. The molecule has 0 saturated carbocycles. The first-order chi connectivity index (χ1) is 14.0. The van der Waals surface area contributed by atoms with E-state index < -0.39 is 0 Å². The monoisotopic (exact) mass is 554 g/mol. The number of aromatic nitrogens is 4. The van der Waals surface area contributed by atoms with Crippen LogP contribution in [-0.4, -0.2) is 31.1 Å². The smallest absolute Gasteiger partial charge is 0.187 e. The van der Waals surface area contributed by atoms with Gasteiger partial charge >= 0.3 is 0 Å². The van der Waals surface area contributed by atoms with Crippen LogP contribution < -0.4 is 0 Å². The quantitative estimate of drug-likeness (QED) is 0.134. The molecule has 4 aromatic rings. The summed E-state index contributed by atoms with van der Waals surface area (Å²) in [7, 11) is 0. The zero-order chi connectivity index (χ0) is 20.5. The van der Waals surface area contributed by atoms with Crippen molar-refractivity contribution in [3.8, 4) is 34.0 Å². The normalized spacial score (nSPS) is 11.0. The molecule has 9 heteroatoms. The van der Waals surface area contributed by atoms with Gasteiger partial charge < -0.3 is 5.21 Å². The summed E-state index contributed by atoms with van der Waals surface area (Å²) in [5.41, 5.74) is 2.85. The lowest BCUT2D eigenvalue weighted by atomic mass is 10.1. The first-order valence-electron chi connectivity index (χ1n) is 8.39. The minimum atomic E-state index is 0.244. The zero-order valence-corrected chi connectivity index (χ0v) is 19.5. The molecule has 0 spiro atoms. The van der Waals surface area contributed by atoms with E-state index >= 15 is 0 Å². The molecular weight excluding hydrogens is 542 g/mol. The Hall–Kier alpha value is -1.81. The molecule has 4 rings (SSSR count). The van der Waals surface area contributed by atoms with Crippen LogP contribution in [0.2, 0.25) is 10.0 Å². The lowest BCUT2D eigenvalue weighted by molar-refractivity contribution is 0.195. The van der Waals surface area contributed by atoms with E-state index in [0.29, 0.717) is 37.8 Å². The van der Waals surface area contributed by atoms with Crippen molar-refractivity contribution in [3.05, 3.63) is 68.3 Å². The number of hydrogen-bond donors (Lipinski definition) is 1. The molecular formula is C20H13Cl2IN4OS. The van der Waals surface area contributed by atoms with E-state index in [4.69, 9.17) is 28.2 Å². The van der Waals surface area contributed by atoms with Gasteiger partial charge in [0.2, 0.25) is 0 Å². The summed E-state index contributed by atoms with van der Waals surface area (Å²) < 4.78 is 2.05. The topological polar surface area (TPSA) is 63.8 Å². The molecule has 2 aromatic carbocycles. The number of nitrogens with zero attached hydrogens (tertiary/aromatic N) is 4. The second-order valence-corrected chi connectivity index (χ2v) is 8.81. The summed E-state index contributed by atoms with van der Waals surface area (Å²) in [4.78, 5) is 13.5. The highest BCUT2D eigenvalue weighted by atomic mass is 127. The van der Waals surface area contributed by atoms with Crippen LogP contribution in [0.15, 0.2) is 59.9 Å². The molecule has 0 aliphatic carbocycles. The van der Waals surface area contributed by atoms with Crippen LogP contribution in [0.5, 0.6) is 0 Å². The van der Waals surface area contributed by atoms with Gasteiger partial charge in [-0.15, -0.1) is 0 Å². The fourth-order valence-corrected chi connectivity index (χ4v) is 4.40. The molecule has 0 unspecified atom stereocenters. The Labute approximate surface area is 195 Å². The van der Waals surface area contributed by atoms with E-state index in [9.17, 15) is 5.21 Å². The van der Waals surface area contributed by atoms with Gasteiger partial charge in [0.1, 0.15) is 11.4 Å². The van der Waals surface area contributed by atoms with Crippen molar-refractivity contribution in [1.82, 2.24) is 19.7 Å². The first-order valence-corrected chi connectivity index (χ1v) is 11.4. The maximum absolute atomic E-state index is 11.1. The van der Waals surface area contributed by atoms with E-state index in [1.165, 1.54) is 11.8 Å². The Morgan fingerprint density at radius 2 is 1.76 bits per heavy atom. The molecule has 0 saturated heterocycles. The Bertz CT molecular complexity index is 1190. The highest BCUT2D eigenvalue weighted by Gasteiger charge is 2.25. The van der Waals surface area contributed by atoms with Crippen molar-refractivity contribution >= 4 is 57.6 Å². The lowest BCUT2D eigenvalue weighted by Crippen LogP contribution is -1.99. The van der Waals surface area contributed by atoms with E-state index in [0.717, 1.165) is 13.9 Å². The van der Waals surface area contributed by atoms with Crippen molar-refractivity contribution in [3.63, 3.8) is 0 Å². The van der Waals surface area contributed by atoms with Gasteiger partial charge in [0.05, 0.1) is 21.3 Å². The van der Waals surface area contributed by atoms with Gasteiger partial charge in [-0.2, -0.15) is 4.73 Å². The molecule has 0 atom stereocenters. The number of thioether (sulfide) groups is 1. The number of imidazole rings is 1. The van der Waals surface area contributed by atoms with Crippen molar-refractivity contribution in [2.75, 3.05) is 6.26 Å². The Morgan fingerprint density at radius 1 is 1.03 bits per heavy atom. The third kappa shape index (κ3) is 3.96. The van der Waals surface area contributed by atoms with Gasteiger partial charge in [-0.3, -0.25) is 0 Å². The maximum Gasteiger partial charge on any atom is 0.187 e. The van der Waals surface area contributed by atoms with Crippen LogP contribution in [-0.2, 0) is 0 Å². The second-order valence-electron chi connectivity index (χ2n) is 5.98. The molecule has 29 heavy (non-hydrogen) atoms. The summed E-state index contributed by atoms with van der Waals surface area (Å²) in [5.74, 6) is 0.244. The maximum atomic E-state index is 11.1. The number of rotatable bonds is 4. The SMILES string of the molecule is CSc1nccc(-c2nc(-c3c(Cl)cccc3Cl)n(O)c2-c2cccc(I)c2)n1. The molecule has 0 aliphatic heterocycles. The summed E-state index contributed by atoms with van der Waals surface area (Å²) in [5, 5.41) is 12.5.